The maximum Gasteiger partial charge on any atom is 0.164 e. The van der Waals surface area contributed by atoms with Gasteiger partial charge >= 0.3 is 0 Å². The Labute approximate surface area is 118 Å². The molecule has 0 radical (unpaired) electrons. The number of aromatic nitrogens is 1. The third-order valence-electron chi connectivity index (χ3n) is 3.21. The highest BCUT2D eigenvalue weighted by Gasteiger charge is 2.07. The number of ketones is 1. The summed E-state index contributed by atoms with van der Waals surface area (Å²) in [6, 6.07) is 7.67. The standard InChI is InChI=1S/C16H19NO3/c1-4-14(18)13-7-8-17(11-13)10-12-5-6-15(19-2)16(9-12)20-3/h5-9,11H,4,10H2,1-3H3. The summed E-state index contributed by atoms with van der Waals surface area (Å²) in [5.41, 5.74) is 1.85. The van der Waals surface area contributed by atoms with Gasteiger partial charge in [0.15, 0.2) is 17.3 Å². The van der Waals surface area contributed by atoms with Gasteiger partial charge in [-0.1, -0.05) is 13.0 Å². The van der Waals surface area contributed by atoms with Gasteiger partial charge in [0.1, 0.15) is 0 Å². The molecule has 2 rings (SSSR count). The van der Waals surface area contributed by atoms with Crippen molar-refractivity contribution in [2.75, 3.05) is 14.2 Å². The van der Waals surface area contributed by atoms with Crippen LogP contribution in [0, 0.1) is 0 Å². The third-order valence-corrected chi connectivity index (χ3v) is 3.21. The van der Waals surface area contributed by atoms with E-state index in [-0.39, 0.29) is 5.78 Å². The number of benzene rings is 1. The first-order valence-electron chi connectivity index (χ1n) is 6.57. The monoisotopic (exact) mass is 273 g/mol. The highest BCUT2D eigenvalue weighted by atomic mass is 16.5. The summed E-state index contributed by atoms with van der Waals surface area (Å²) in [5.74, 6) is 1.59. The predicted molar refractivity (Wildman–Crippen MR) is 77.7 cm³/mol. The second-order valence-corrected chi connectivity index (χ2v) is 4.54. The van der Waals surface area contributed by atoms with E-state index in [4.69, 9.17) is 9.47 Å². The van der Waals surface area contributed by atoms with Gasteiger partial charge in [-0.05, 0) is 23.8 Å². The lowest BCUT2D eigenvalue weighted by molar-refractivity contribution is 0.0988. The van der Waals surface area contributed by atoms with Crippen molar-refractivity contribution in [2.45, 2.75) is 19.9 Å². The molecule has 4 nitrogen and oxygen atoms in total. The minimum absolute atomic E-state index is 0.163. The molecule has 0 unspecified atom stereocenters. The topological polar surface area (TPSA) is 40.5 Å². The first-order valence-corrected chi connectivity index (χ1v) is 6.57. The van der Waals surface area contributed by atoms with Crippen molar-refractivity contribution in [1.29, 1.82) is 0 Å². The number of Topliss-reactive ketones (excluding diaryl/α,β-unsaturated/α-hetero) is 1. The number of rotatable bonds is 6. The molecule has 0 aliphatic heterocycles. The molecule has 0 N–H and O–H groups in total. The average Bonchev–Trinajstić information content (AvgIpc) is 2.94. The van der Waals surface area contributed by atoms with Gasteiger partial charge in [0, 0.05) is 30.9 Å². The van der Waals surface area contributed by atoms with Crippen LogP contribution in [0.4, 0.5) is 0 Å². The van der Waals surface area contributed by atoms with Crippen molar-refractivity contribution >= 4 is 5.78 Å². The zero-order chi connectivity index (χ0) is 14.5. The van der Waals surface area contributed by atoms with Crippen LogP contribution < -0.4 is 9.47 Å². The molecule has 1 aromatic heterocycles. The number of carbonyl (C=O) groups is 1. The van der Waals surface area contributed by atoms with Gasteiger partial charge < -0.3 is 14.0 Å². The van der Waals surface area contributed by atoms with E-state index in [1.807, 2.05) is 48.1 Å². The van der Waals surface area contributed by atoms with E-state index < -0.39 is 0 Å². The van der Waals surface area contributed by atoms with Crippen molar-refractivity contribution in [2.24, 2.45) is 0 Å². The Morgan fingerprint density at radius 2 is 1.90 bits per heavy atom. The Bertz CT molecular complexity index is 602. The van der Waals surface area contributed by atoms with Crippen molar-refractivity contribution < 1.29 is 14.3 Å². The number of nitrogens with zero attached hydrogens (tertiary/aromatic N) is 1. The normalized spacial score (nSPS) is 10.3. The average molecular weight is 273 g/mol. The zero-order valence-electron chi connectivity index (χ0n) is 12.1. The number of methoxy groups -OCH3 is 2. The quantitative estimate of drug-likeness (QED) is 0.759. The van der Waals surface area contributed by atoms with Crippen molar-refractivity contribution in [3.63, 3.8) is 0 Å². The highest BCUT2D eigenvalue weighted by molar-refractivity contribution is 5.95. The lowest BCUT2D eigenvalue weighted by atomic mass is 10.2. The Morgan fingerprint density at radius 1 is 1.15 bits per heavy atom. The lowest BCUT2D eigenvalue weighted by Gasteiger charge is -2.10. The smallest absolute Gasteiger partial charge is 0.164 e. The maximum atomic E-state index is 11.6. The summed E-state index contributed by atoms with van der Waals surface area (Å²) >= 11 is 0. The SMILES string of the molecule is CCC(=O)c1ccn(Cc2ccc(OC)c(OC)c2)c1. The molecule has 20 heavy (non-hydrogen) atoms. The molecule has 2 aromatic rings. The van der Waals surface area contributed by atoms with E-state index in [0.717, 1.165) is 11.1 Å². The molecular formula is C16H19NO3. The first-order chi connectivity index (χ1) is 9.67. The molecule has 0 saturated carbocycles. The van der Waals surface area contributed by atoms with Crippen LogP contribution in [-0.2, 0) is 6.54 Å². The van der Waals surface area contributed by atoms with Gasteiger partial charge in [0.2, 0.25) is 0 Å². The highest BCUT2D eigenvalue weighted by Crippen LogP contribution is 2.27. The van der Waals surface area contributed by atoms with Crippen LogP contribution in [0.5, 0.6) is 11.5 Å². The molecule has 1 heterocycles. The molecule has 0 spiro atoms. The minimum atomic E-state index is 0.163. The number of ether oxygens (including phenoxy) is 2. The molecule has 1 aromatic carbocycles. The van der Waals surface area contributed by atoms with E-state index in [1.54, 1.807) is 14.2 Å². The summed E-state index contributed by atoms with van der Waals surface area (Å²) < 4.78 is 12.5. The van der Waals surface area contributed by atoms with Crippen LogP contribution in [-0.4, -0.2) is 24.6 Å². The maximum absolute atomic E-state index is 11.6. The van der Waals surface area contributed by atoms with Gasteiger partial charge in [-0.15, -0.1) is 0 Å². The molecular weight excluding hydrogens is 254 g/mol. The molecule has 0 bridgehead atoms. The summed E-state index contributed by atoms with van der Waals surface area (Å²) in [6.45, 7) is 2.56. The van der Waals surface area contributed by atoms with Crippen molar-refractivity contribution in [3.05, 3.63) is 47.8 Å². The van der Waals surface area contributed by atoms with Crippen LogP contribution >= 0.6 is 0 Å². The molecule has 4 heteroatoms. The molecule has 106 valence electrons. The fourth-order valence-corrected chi connectivity index (χ4v) is 2.10. The fourth-order valence-electron chi connectivity index (χ4n) is 2.10. The van der Waals surface area contributed by atoms with Gasteiger partial charge in [-0.25, -0.2) is 0 Å². The first kappa shape index (κ1) is 14.2. The van der Waals surface area contributed by atoms with Crippen LogP contribution in [0.15, 0.2) is 36.7 Å². The Balaban J connectivity index is 2.17. The summed E-state index contributed by atoms with van der Waals surface area (Å²) in [7, 11) is 3.24. The van der Waals surface area contributed by atoms with E-state index in [9.17, 15) is 4.79 Å². The molecule has 0 atom stereocenters. The molecule has 0 amide bonds. The second-order valence-electron chi connectivity index (χ2n) is 4.54. The summed E-state index contributed by atoms with van der Waals surface area (Å²) in [6.07, 6.45) is 4.32. The molecule has 0 fully saturated rings. The van der Waals surface area contributed by atoms with Crippen LogP contribution in [0.2, 0.25) is 0 Å². The predicted octanol–water partition coefficient (Wildman–Crippen LogP) is 3.15. The van der Waals surface area contributed by atoms with E-state index in [2.05, 4.69) is 0 Å². The Morgan fingerprint density at radius 3 is 2.55 bits per heavy atom. The van der Waals surface area contributed by atoms with Crippen molar-refractivity contribution in [3.8, 4) is 11.5 Å². The van der Waals surface area contributed by atoms with Crippen LogP contribution in [0.3, 0.4) is 0 Å². The minimum Gasteiger partial charge on any atom is -0.493 e. The van der Waals surface area contributed by atoms with Gasteiger partial charge in [0.05, 0.1) is 14.2 Å². The molecule has 0 saturated heterocycles. The zero-order valence-corrected chi connectivity index (χ0v) is 12.1. The fraction of sp³-hybridized carbons (Fsp3) is 0.312. The van der Waals surface area contributed by atoms with Gasteiger partial charge in [-0.2, -0.15) is 0 Å². The van der Waals surface area contributed by atoms with E-state index in [0.29, 0.717) is 24.5 Å². The number of carbonyl (C=O) groups excluding carboxylic acids is 1. The molecule has 0 aliphatic carbocycles. The van der Waals surface area contributed by atoms with Gasteiger partial charge in [-0.3, -0.25) is 4.79 Å². The lowest BCUT2D eigenvalue weighted by Crippen LogP contribution is -1.99. The van der Waals surface area contributed by atoms with Crippen molar-refractivity contribution in [1.82, 2.24) is 4.57 Å². The largest absolute Gasteiger partial charge is 0.493 e. The Hall–Kier alpha value is -2.23. The molecule has 0 aliphatic rings. The number of hydrogen-bond donors (Lipinski definition) is 0. The van der Waals surface area contributed by atoms with Gasteiger partial charge in [0.25, 0.3) is 0 Å². The summed E-state index contributed by atoms with van der Waals surface area (Å²) in [4.78, 5) is 11.6. The van der Waals surface area contributed by atoms with E-state index >= 15 is 0 Å². The van der Waals surface area contributed by atoms with E-state index in [1.165, 1.54) is 0 Å². The Kier molecular flexibility index (Phi) is 4.45. The third kappa shape index (κ3) is 3.02. The van der Waals surface area contributed by atoms with Crippen LogP contribution in [0.25, 0.3) is 0 Å². The second kappa shape index (κ2) is 6.28. The number of hydrogen-bond acceptors (Lipinski definition) is 3. The van der Waals surface area contributed by atoms with Crippen LogP contribution in [0.1, 0.15) is 29.3 Å². The summed E-state index contributed by atoms with van der Waals surface area (Å²) in [5, 5.41) is 0.